The van der Waals surface area contributed by atoms with E-state index in [1.165, 1.54) is 4.88 Å². The summed E-state index contributed by atoms with van der Waals surface area (Å²) in [4.78, 5) is 22.6. The number of fused-ring (bicyclic) bond motifs is 1. The van der Waals surface area contributed by atoms with Crippen molar-refractivity contribution in [3.63, 3.8) is 0 Å². The Labute approximate surface area is 170 Å². The summed E-state index contributed by atoms with van der Waals surface area (Å²) in [5.41, 5.74) is 2.08. The summed E-state index contributed by atoms with van der Waals surface area (Å²) < 4.78 is 7.23. The summed E-state index contributed by atoms with van der Waals surface area (Å²) >= 11 is 1.63. The number of hydrogen-bond acceptors (Lipinski definition) is 5. The predicted octanol–water partition coefficient (Wildman–Crippen LogP) is 4.35. The van der Waals surface area contributed by atoms with Gasteiger partial charge in [0.25, 0.3) is 5.56 Å². The summed E-state index contributed by atoms with van der Waals surface area (Å²) in [6, 6.07) is 7.94. The van der Waals surface area contributed by atoms with Gasteiger partial charge in [-0.2, -0.15) is 0 Å². The Morgan fingerprint density at radius 1 is 1.21 bits per heavy atom. The maximum absolute atomic E-state index is 13.5. The van der Waals surface area contributed by atoms with Crippen LogP contribution in [0.25, 0.3) is 21.3 Å². The van der Waals surface area contributed by atoms with Crippen LogP contribution in [0.2, 0.25) is 0 Å². The molecule has 0 spiro atoms. The minimum Gasteiger partial charge on any atom is -0.497 e. The monoisotopic (exact) mass is 399 g/mol. The number of thiophene rings is 1. The van der Waals surface area contributed by atoms with Crippen LogP contribution in [-0.2, 0) is 13.0 Å². The van der Waals surface area contributed by atoms with E-state index in [1.54, 1.807) is 18.4 Å². The second-order valence-corrected chi connectivity index (χ2v) is 7.89. The smallest absolute Gasteiger partial charge is 0.262 e. The van der Waals surface area contributed by atoms with Crippen molar-refractivity contribution in [3.05, 3.63) is 45.3 Å². The van der Waals surface area contributed by atoms with E-state index >= 15 is 0 Å². The maximum Gasteiger partial charge on any atom is 0.262 e. The van der Waals surface area contributed by atoms with E-state index in [9.17, 15) is 4.79 Å². The zero-order valence-electron chi connectivity index (χ0n) is 17.4. The van der Waals surface area contributed by atoms with Crippen LogP contribution in [0.15, 0.2) is 29.1 Å². The molecule has 0 unspecified atom stereocenters. The Morgan fingerprint density at radius 3 is 2.61 bits per heavy atom. The Kier molecular flexibility index (Phi) is 6.52. The highest BCUT2D eigenvalue weighted by Crippen LogP contribution is 2.37. The third kappa shape index (κ3) is 3.84. The van der Waals surface area contributed by atoms with Gasteiger partial charge >= 0.3 is 0 Å². The minimum atomic E-state index is 0.0587. The van der Waals surface area contributed by atoms with Gasteiger partial charge in [0.05, 0.1) is 12.5 Å². The lowest BCUT2D eigenvalue weighted by atomic mass is 10.0. The van der Waals surface area contributed by atoms with Crippen LogP contribution in [0.5, 0.6) is 5.75 Å². The Bertz CT molecular complexity index is 1020. The van der Waals surface area contributed by atoms with Crippen molar-refractivity contribution in [2.45, 2.75) is 40.7 Å². The number of likely N-dealkylation sites (N-methyl/N-ethyl adjacent to an activating group) is 1. The molecule has 0 aliphatic carbocycles. The van der Waals surface area contributed by atoms with Crippen molar-refractivity contribution >= 4 is 21.6 Å². The number of ether oxygens (including phenoxy) is 1. The molecule has 0 aliphatic heterocycles. The molecule has 0 bridgehead atoms. The summed E-state index contributed by atoms with van der Waals surface area (Å²) in [6.07, 6.45) is 0.867. The molecule has 1 aromatic carbocycles. The first-order chi connectivity index (χ1) is 13.5. The molecular formula is C22H29N3O2S. The van der Waals surface area contributed by atoms with Gasteiger partial charge in [-0.1, -0.05) is 32.9 Å². The van der Waals surface area contributed by atoms with Crippen LogP contribution >= 0.6 is 11.3 Å². The molecule has 3 aromatic rings. The third-order valence-electron chi connectivity index (χ3n) is 5.29. The van der Waals surface area contributed by atoms with Crippen molar-refractivity contribution in [2.75, 3.05) is 26.7 Å². The molecule has 0 aliphatic rings. The van der Waals surface area contributed by atoms with Gasteiger partial charge in [0.2, 0.25) is 0 Å². The highest BCUT2D eigenvalue weighted by molar-refractivity contribution is 7.19. The zero-order valence-corrected chi connectivity index (χ0v) is 18.2. The molecule has 2 aromatic heterocycles. The van der Waals surface area contributed by atoms with Gasteiger partial charge in [0, 0.05) is 23.5 Å². The quantitative estimate of drug-likeness (QED) is 0.565. The van der Waals surface area contributed by atoms with Crippen molar-refractivity contribution in [2.24, 2.45) is 0 Å². The lowest BCUT2D eigenvalue weighted by Gasteiger charge is -2.19. The van der Waals surface area contributed by atoms with Gasteiger partial charge in [-0.05, 0) is 44.1 Å². The second-order valence-electron chi connectivity index (χ2n) is 6.81. The van der Waals surface area contributed by atoms with Crippen LogP contribution in [-0.4, -0.2) is 41.2 Å². The van der Waals surface area contributed by atoms with E-state index in [0.717, 1.165) is 59.0 Å². The molecule has 0 fully saturated rings. The number of methoxy groups -OCH3 is 1. The third-order valence-corrected chi connectivity index (χ3v) is 6.52. The van der Waals surface area contributed by atoms with E-state index in [-0.39, 0.29) is 5.56 Å². The standard InChI is InChI=1S/C22H29N3O2S/c1-6-18-19(16-10-9-11-17(14-16)27-5)20-21(28-18)23-15(4)25(22(20)26)13-12-24(7-2)8-3/h9-11,14H,6-8,12-13H2,1-5H3. The molecule has 0 N–H and O–H groups in total. The van der Waals surface area contributed by atoms with Crippen molar-refractivity contribution in [1.29, 1.82) is 0 Å². The maximum atomic E-state index is 13.5. The summed E-state index contributed by atoms with van der Waals surface area (Å²) in [5, 5.41) is 0.736. The lowest BCUT2D eigenvalue weighted by Crippen LogP contribution is -2.32. The fourth-order valence-corrected chi connectivity index (χ4v) is 4.78. The number of aryl methyl sites for hydroxylation is 2. The van der Waals surface area contributed by atoms with Crippen LogP contribution in [0.3, 0.4) is 0 Å². The SMILES string of the molecule is CCc1sc2nc(C)n(CCN(CC)CC)c(=O)c2c1-c1cccc(OC)c1. The van der Waals surface area contributed by atoms with E-state index < -0.39 is 0 Å². The van der Waals surface area contributed by atoms with E-state index in [2.05, 4.69) is 25.7 Å². The molecule has 0 radical (unpaired) electrons. The van der Waals surface area contributed by atoms with E-state index in [0.29, 0.717) is 6.54 Å². The first-order valence-corrected chi connectivity index (χ1v) is 10.7. The van der Waals surface area contributed by atoms with Crippen LogP contribution in [0, 0.1) is 6.92 Å². The topological polar surface area (TPSA) is 47.4 Å². The Balaban J connectivity index is 2.18. The van der Waals surface area contributed by atoms with Gasteiger partial charge in [0.1, 0.15) is 16.4 Å². The van der Waals surface area contributed by atoms with Crippen LogP contribution in [0.4, 0.5) is 0 Å². The highest BCUT2D eigenvalue weighted by Gasteiger charge is 2.20. The van der Waals surface area contributed by atoms with Gasteiger partial charge in [-0.25, -0.2) is 4.98 Å². The number of hydrogen-bond donors (Lipinski definition) is 0. The molecule has 6 heteroatoms. The molecule has 28 heavy (non-hydrogen) atoms. The van der Waals surface area contributed by atoms with Gasteiger partial charge in [-0.15, -0.1) is 11.3 Å². The molecule has 2 heterocycles. The molecule has 5 nitrogen and oxygen atoms in total. The fraction of sp³-hybridized carbons (Fsp3) is 0.455. The zero-order chi connectivity index (χ0) is 20.3. The average molecular weight is 400 g/mol. The fourth-order valence-electron chi connectivity index (χ4n) is 3.61. The van der Waals surface area contributed by atoms with Crippen molar-refractivity contribution in [3.8, 4) is 16.9 Å². The van der Waals surface area contributed by atoms with Gasteiger partial charge < -0.3 is 9.64 Å². The Hall–Kier alpha value is -2.18. The molecule has 0 saturated heterocycles. The molecule has 0 amide bonds. The first kappa shape index (κ1) is 20.6. The van der Waals surface area contributed by atoms with Gasteiger partial charge in [0.15, 0.2) is 0 Å². The average Bonchev–Trinajstić information content (AvgIpc) is 3.09. The minimum absolute atomic E-state index is 0.0587. The first-order valence-electron chi connectivity index (χ1n) is 9.93. The van der Waals surface area contributed by atoms with Crippen molar-refractivity contribution < 1.29 is 4.74 Å². The normalized spacial score (nSPS) is 11.5. The van der Waals surface area contributed by atoms with Crippen molar-refractivity contribution in [1.82, 2.24) is 14.5 Å². The second kappa shape index (κ2) is 8.88. The number of nitrogens with zero attached hydrogens (tertiary/aromatic N) is 3. The predicted molar refractivity (Wildman–Crippen MR) is 118 cm³/mol. The summed E-state index contributed by atoms with van der Waals surface area (Å²) in [5.74, 6) is 1.58. The molecular weight excluding hydrogens is 370 g/mol. The summed E-state index contributed by atoms with van der Waals surface area (Å²) in [7, 11) is 1.66. The molecule has 0 atom stereocenters. The number of rotatable bonds is 8. The van der Waals surface area contributed by atoms with Crippen LogP contribution in [0.1, 0.15) is 31.5 Å². The Morgan fingerprint density at radius 2 is 1.96 bits per heavy atom. The highest BCUT2D eigenvalue weighted by atomic mass is 32.1. The largest absolute Gasteiger partial charge is 0.497 e. The van der Waals surface area contributed by atoms with E-state index in [1.807, 2.05) is 35.8 Å². The molecule has 0 saturated carbocycles. The van der Waals surface area contributed by atoms with Gasteiger partial charge in [-0.3, -0.25) is 9.36 Å². The summed E-state index contributed by atoms with van der Waals surface area (Å²) in [6.45, 7) is 11.8. The number of aromatic nitrogens is 2. The molecule has 3 rings (SSSR count). The number of benzene rings is 1. The molecule has 150 valence electrons. The van der Waals surface area contributed by atoms with Crippen LogP contribution < -0.4 is 10.3 Å². The lowest BCUT2D eigenvalue weighted by molar-refractivity contribution is 0.288. The van der Waals surface area contributed by atoms with E-state index in [4.69, 9.17) is 9.72 Å².